The second-order valence-corrected chi connectivity index (χ2v) is 5.30. The van der Waals surface area contributed by atoms with Crippen LogP contribution in [0.3, 0.4) is 0 Å². The maximum absolute atomic E-state index is 12.7. The number of piperidine rings is 1. The average Bonchev–Trinajstić information content (AvgIpc) is 2.41. The van der Waals surface area contributed by atoms with E-state index in [1.165, 1.54) is 37.1 Å². The maximum atomic E-state index is 12.7. The molecule has 1 amide bonds. The SMILES string of the molecule is CN1CCC(CCNC(=O)c2ccc(F)cc2)CC1. The molecule has 1 fully saturated rings. The van der Waals surface area contributed by atoms with Crippen molar-refractivity contribution in [3.05, 3.63) is 35.6 Å². The molecule has 0 spiro atoms. The van der Waals surface area contributed by atoms with Gasteiger partial charge in [0, 0.05) is 12.1 Å². The smallest absolute Gasteiger partial charge is 0.251 e. The zero-order chi connectivity index (χ0) is 13.7. The third kappa shape index (κ3) is 4.31. The van der Waals surface area contributed by atoms with Gasteiger partial charge in [0.05, 0.1) is 0 Å². The van der Waals surface area contributed by atoms with Gasteiger partial charge in [0.25, 0.3) is 5.91 Å². The standard InChI is InChI=1S/C15H21FN2O/c1-18-10-7-12(8-11-18)6-9-17-15(19)13-2-4-14(16)5-3-13/h2-5,12H,6-11H2,1H3,(H,17,19). The molecule has 0 bridgehead atoms. The van der Waals surface area contributed by atoms with E-state index in [2.05, 4.69) is 17.3 Å². The van der Waals surface area contributed by atoms with E-state index in [1.54, 1.807) is 0 Å². The van der Waals surface area contributed by atoms with Crippen molar-refractivity contribution in [1.82, 2.24) is 10.2 Å². The molecule has 1 aliphatic rings. The van der Waals surface area contributed by atoms with Crippen LogP contribution in [0.1, 0.15) is 29.6 Å². The minimum Gasteiger partial charge on any atom is -0.352 e. The van der Waals surface area contributed by atoms with Gasteiger partial charge in [-0.05, 0) is 69.6 Å². The van der Waals surface area contributed by atoms with E-state index in [9.17, 15) is 9.18 Å². The van der Waals surface area contributed by atoms with Gasteiger partial charge in [0.1, 0.15) is 5.82 Å². The van der Waals surface area contributed by atoms with Crippen LogP contribution in [-0.4, -0.2) is 37.5 Å². The van der Waals surface area contributed by atoms with Gasteiger partial charge in [0.2, 0.25) is 0 Å². The van der Waals surface area contributed by atoms with Crippen LogP contribution in [-0.2, 0) is 0 Å². The van der Waals surface area contributed by atoms with Crippen LogP contribution in [0.15, 0.2) is 24.3 Å². The summed E-state index contributed by atoms with van der Waals surface area (Å²) < 4.78 is 12.7. The Labute approximate surface area is 113 Å². The largest absolute Gasteiger partial charge is 0.352 e. The van der Waals surface area contributed by atoms with E-state index in [-0.39, 0.29) is 11.7 Å². The Balaban J connectivity index is 1.70. The molecule has 0 aromatic heterocycles. The maximum Gasteiger partial charge on any atom is 0.251 e. The van der Waals surface area contributed by atoms with Crippen LogP contribution in [0, 0.1) is 11.7 Å². The van der Waals surface area contributed by atoms with Gasteiger partial charge in [-0.3, -0.25) is 4.79 Å². The first-order chi connectivity index (χ1) is 9.15. The van der Waals surface area contributed by atoms with Crippen LogP contribution >= 0.6 is 0 Å². The molecule has 4 heteroatoms. The second kappa shape index (κ2) is 6.66. The van der Waals surface area contributed by atoms with E-state index in [0.29, 0.717) is 18.0 Å². The lowest BCUT2D eigenvalue weighted by molar-refractivity contribution is 0.0949. The zero-order valence-corrected chi connectivity index (χ0v) is 11.4. The molecule has 2 rings (SSSR count). The van der Waals surface area contributed by atoms with E-state index in [1.807, 2.05) is 0 Å². The monoisotopic (exact) mass is 264 g/mol. The molecule has 19 heavy (non-hydrogen) atoms. The average molecular weight is 264 g/mol. The van der Waals surface area contributed by atoms with Crippen molar-refractivity contribution in [3.63, 3.8) is 0 Å². The Hall–Kier alpha value is -1.42. The van der Waals surface area contributed by atoms with Crippen molar-refractivity contribution in [2.45, 2.75) is 19.3 Å². The van der Waals surface area contributed by atoms with Crippen molar-refractivity contribution in [2.75, 3.05) is 26.7 Å². The Morgan fingerprint density at radius 1 is 1.32 bits per heavy atom. The lowest BCUT2D eigenvalue weighted by Gasteiger charge is -2.28. The molecular weight excluding hydrogens is 243 g/mol. The minimum absolute atomic E-state index is 0.118. The number of carbonyl (C=O) groups excluding carboxylic acids is 1. The first-order valence-corrected chi connectivity index (χ1v) is 6.87. The first kappa shape index (κ1) is 14.0. The van der Waals surface area contributed by atoms with Crippen molar-refractivity contribution in [3.8, 4) is 0 Å². The van der Waals surface area contributed by atoms with Crippen LogP contribution < -0.4 is 5.32 Å². The number of nitrogens with one attached hydrogen (secondary N) is 1. The Kier molecular flexibility index (Phi) is 4.91. The van der Waals surface area contributed by atoms with Crippen molar-refractivity contribution in [1.29, 1.82) is 0 Å². The van der Waals surface area contributed by atoms with Gasteiger partial charge in [-0.25, -0.2) is 4.39 Å². The number of hydrogen-bond acceptors (Lipinski definition) is 2. The minimum atomic E-state index is -0.317. The molecule has 1 aliphatic heterocycles. The molecule has 1 N–H and O–H groups in total. The topological polar surface area (TPSA) is 32.3 Å². The number of halogens is 1. The van der Waals surface area contributed by atoms with Gasteiger partial charge in [-0.15, -0.1) is 0 Å². The normalized spacial score (nSPS) is 17.4. The third-order valence-electron chi connectivity index (χ3n) is 3.78. The summed E-state index contributed by atoms with van der Waals surface area (Å²) in [4.78, 5) is 14.1. The zero-order valence-electron chi connectivity index (χ0n) is 11.4. The number of likely N-dealkylation sites (tertiary alicyclic amines) is 1. The van der Waals surface area contributed by atoms with Gasteiger partial charge >= 0.3 is 0 Å². The second-order valence-electron chi connectivity index (χ2n) is 5.30. The number of nitrogens with zero attached hydrogens (tertiary/aromatic N) is 1. The highest BCUT2D eigenvalue weighted by Gasteiger charge is 2.16. The molecule has 1 aromatic carbocycles. The highest BCUT2D eigenvalue weighted by Crippen LogP contribution is 2.18. The summed E-state index contributed by atoms with van der Waals surface area (Å²) >= 11 is 0. The molecule has 1 saturated heterocycles. The summed E-state index contributed by atoms with van der Waals surface area (Å²) in [6.07, 6.45) is 3.45. The summed E-state index contributed by atoms with van der Waals surface area (Å²) in [6, 6.07) is 5.65. The molecule has 0 radical (unpaired) electrons. The first-order valence-electron chi connectivity index (χ1n) is 6.87. The summed E-state index contributed by atoms with van der Waals surface area (Å²) in [6.45, 7) is 3.00. The van der Waals surface area contributed by atoms with Gasteiger partial charge in [-0.1, -0.05) is 0 Å². The van der Waals surface area contributed by atoms with Gasteiger partial charge < -0.3 is 10.2 Å². The quantitative estimate of drug-likeness (QED) is 0.905. The van der Waals surface area contributed by atoms with Crippen molar-refractivity contribution >= 4 is 5.91 Å². The van der Waals surface area contributed by atoms with E-state index in [4.69, 9.17) is 0 Å². The fourth-order valence-electron chi connectivity index (χ4n) is 2.44. The van der Waals surface area contributed by atoms with Gasteiger partial charge in [-0.2, -0.15) is 0 Å². The Morgan fingerprint density at radius 3 is 2.58 bits per heavy atom. The fourth-order valence-corrected chi connectivity index (χ4v) is 2.44. The number of benzene rings is 1. The highest BCUT2D eigenvalue weighted by atomic mass is 19.1. The van der Waals surface area contributed by atoms with E-state index >= 15 is 0 Å². The van der Waals surface area contributed by atoms with Crippen LogP contribution in [0.2, 0.25) is 0 Å². The summed E-state index contributed by atoms with van der Waals surface area (Å²) in [5.74, 6) is 0.278. The molecule has 1 heterocycles. The van der Waals surface area contributed by atoms with Crippen molar-refractivity contribution < 1.29 is 9.18 Å². The summed E-state index contributed by atoms with van der Waals surface area (Å²) in [7, 11) is 2.15. The van der Waals surface area contributed by atoms with Crippen LogP contribution in [0.25, 0.3) is 0 Å². The number of hydrogen-bond donors (Lipinski definition) is 1. The summed E-state index contributed by atoms with van der Waals surface area (Å²) in [5, 5.41) is 2.90. The Morgan fingerprint density at radius 2 is 1.95 bits per heavy atom. The van der Waals surface area contributed by atoms with Crippen LogP contribution in [0.4, 0.5) is 4.39 Å². The van der Waals surface area contributed by atoms with Crippen molar-refractivity contribution in [2.24, 2.45) is 5.92 Å². The van der Waals surface area contributed by atoms with E-state index in [0.717, 1.165) is 19.5 Å². The predicted octanol–water partition coefficient (Wildman–Crippen LogP) is 2.29. The highest BCUT2D eigenvalue weighted by molar-refractivity contribution is 5.94. The van der Waals surface area contributed by atoms with Gasteiger partial charge in [0.15, 0.2) is 0 Å². The molecule has 0 saturated carbocycles. The lowest BCUT2D eigenvalue weighted by Crippen LogP contribution is -2.32. The molecule has 104 valence electrons. The number of carbonyl (C=O) groups is 1. The summed E-state index contributed by atoms with van der Waals surface area (Å²) in [5.41, 5.74) is 0.518. The van der Waals surface area contributed by atoms with E-state index < -0.39 is 0 Å². The Bertz CT molecular complexity index is 411. The molecule has 3 nitrogen and oxygen atoms in total. The molecule has 0 aliphatic carbocycles. The molecular formula is C15H21FN2O. The number of rotatable bonds is 4. The number of amides is 1. The lowest BCUT2D eigenvalue weighted by atomic mass is 9.94. The molecule has 1 aromatic rings. The predicted molar refractivity (Wildman–Crippen MR) is 73.6 cm³/mol. The third-order valence-corrected chi connectivity index (χ3v) is 3.78. The molecule has 0 atom stereocenters. The molecule has 0 unspecified atom stereocenters. The fraction of sp³-hybridized carbons (Fsp3) is 0.533. The van der Waals surface area contributed by atoms with Crippen LogP contribution in [0.5, 0.6) is 0 Å².